The van der Waals surface area contributed by atoms with Crippen LogP contribution in [0.4, 0.5) is 4.79 Å². The van der Waals surface area contributed by atoms with Gasteiger partial charge in [0.25, 0.3) is 5.91 Å². The zero-order valence-corrected chi connectivity index (χ0v) is 13.9. The molecule has 1 heterocycles. The Morgan fingerprint density at radius 2 is 1.96 bits per heavy atom. The van der Waals surface area contributed by atoms with E-state index in [-0.39, 0.29) is 11.9 Å². The summed E-state index contributed by atoms with van der Waals surface area (Å²) in [6.45, 7) is 4.95. The van der Waals surface area contributed by atoms with Crippen LogP contribution < -0.4 is 10.1 Å². The number of ether oxygens (including phenoxy) is 1. The fraction of sp³-hybridized carbons (Fsp3) is 0.556. The summed E-state index contributed by atoms with van der Waals surface area (Å²) in [5, 5.41) is 2.90. The molecule has 1 N–H and O–H groups in total. The van der Waals surface area contributed by atoms with Crippen molar-refractivity contribution in [1.29, 1.82) is 0 Å². The van der Waals surface area contributed by atoms with E-state index in [0.717, 1.165) is 42.6 Å². The number of carbonyl (C=O) groups excluding carboxylic acids is 2. The van der Waals surface area contributed by atoms with Crippen LogP contribution in [0.25, 0.3) is 0 Å². The molecular formula is C18H24N2O3. The van der Waals surface area contributed by atoms with Gasteiger partial charge in [-0.05, 0) is 50.3 Å². The second-order valence-electron chi connectivity index (χ2n) is 6.65. The lowest BCUT2D eigenvalue weighted by Crippen LogP contribution is -2.44. The monoisotopic (exact) mass is 316 g/mol. The summed E-state index contributed by atoms with van der Waals surface area (Å²) in [5.74, 6) is 0.821. The first-order valence-electron chi connectivity index (χ1n) is 8.36. The number of benzene rings is 1. The number of imide groups is 1. The van der Waals surface area contributed by atoms with Crippen LogP contribution in [0.15, 0.2) is 18.2 Å². The van der Waals surface area contributed by atoms with Crippen molar-refractivity contribution in [3.05, 3.63) is 29.3 Å². The zero-order chi connectivity index (χ0) is 16.4. The predicted octanol–water partition coefficient (Wildman–Crippen LogP) is 2.94. The molecule has 2 fully saturated rings. The van der Waals surface area contributed by atoms with Crippen LogP contribution in [0.1, 0.15) is 43.2 Å². The highest BCUT2D eigenvalue weighted by molar-refractivity contribution is 6.07. The molecule has 1 spiro atoms. The van der Waals surface area contributed by atoms with Gasteiger partial charge in [0.15, 0.2) is 0 Å². The number of rotatable bonds is 5. The standard InChI is InChI=1S/C18H24N2O3/c1-13-6-7-14(2)15(12-13)23-11-5-10-20-16(21)18(19-17(20)22)8-3-4-9-18/h6-7,12H,3-5,8-11H2,1-2H3,(H,19,22). The maximum atomic E-state index is 12.5. The molecule has 1 aliphatic carbocycles. The van der Waals surface area contributed by atoms with Crippen LogP contribution in [0, 0.1) is 13.8 Å². The van der Waals surface area contributed by atoms with Crippen LogP contribution in [-0.4, -0.2) is 35.5 Å². The van der Waals surface area contributed by atoms with Crippen molar-refractivity contribution in [3.63, 3.8) is 0 Å². The van der Waals surface area contributed by atoms with Gasteiger partial charge in [0.2, 0.25) is 0 Å². The van der Waals surface area contributed by atoms with Gasteiger partial charge < -0.3 is 10.1 Å². The summed E-state index contributed by atoms with van der Waals surface area (Å²) in [4.78, 5) is 25.9. The fourth-order valence-corrected chi connectivity index (χ4v) is 3.46. The number of urea groups is 1. The molecule has 1 saturated heterocycles. The Morgan fingerprint density at radius 3 is 2.70 bits per heavy atom. The smallest absolute Gasteiger partial charge is 0.325 e. The van der Waals surface area contributed by atoms with Crippen LogP contribution in [-0.2, 0) is 4.79 Å². The Hall–Kier alpha value is -2.04. The number of carbonyl (C=O) groups is 2. The molecule has 0 atom stereocenters. The molecule has 1 aromatic rings. The lowest BCUT2D eigenvalue weighted by molar-refractivity contribution is -0.131. The molecule has 1 aliphatic heterocycles. The molecular weight excluding hydrogens is 292 g/mol. The quantitative estimate of drug-likeness (QED) is 0.671. The Kier molecular flexibility index (Phi) is 4.28. The van der Waals surface area contributed by atoms with Gasteiger partial charge in [-0.2, -0.15) is 0 Å². The molecule has 1 saturated carbocycles. The molecule has 0 radical (unpaired) electrons. The summed E-state index contributed by atoms with van der Waals surface area (Å²) in [6, 6.07) is 5.85. The van der Waals surface area contributed by atoms with E-state index in [1.807, 2.05) is 26.0 Å². The van der Waals surface area contributed by atoms with E-state index in [2.05, 4.69) is 11.4 Å². The van der Waals surface area contributed by atoms with Crippen LogP contribution >= 0.6 is 0 Å². The van der Waals surface area contributed by atoms with E-state index < -0.39 is 5.54 Å². The lowest BCUT2D eigenvalue weighted by atomic mass is 9.98. The van der Waals surface area contributed by atoms with Crippen molar-refractivity contribution >= 4 is 11.9 Å². The third kappa shape index (κ3) is 3.05. The Morgan fingerprint density at radius 1 is 1.22 bits per heavy atom. The first-order valence-corrected chi connectivity index (χ1v) is 8.36. The topological polar surface area (TPSA) is 58.6 Å². The highest BCUT2D eigenvalue weighted by Gasteiger charge is 2.51. The van der Waals surface area contributed by atoms with E-state index in [0.29, 0.717) is 19.6 Å². The minimum absolute atomic E-state index is 0.0493. The van der Waals surface area contributed by atoms with Gasteiger partial charge in [0.05, 0.1) is 6.61 Å². The van der Waals surface area contributed by atoms with Crippen molar-refractivity contribution in [2.45, 2.75) is 51.5 Å². The number of aryl methyl sites for hydroxylation is 2. The lowest BCUT2D eigenvalue weighted by Gasteiger charge is -2.20. The van der Waals surface area contributed by atoms with E-state index in [1.165, 1.54) is 4.90 Å². The highest BCUT2D eigenvalue weighted by Crippen LogP contribution is 2.35. The first kappa shape index (κ1) is 15.8. The van der Waals surface area contributed by atoms with E-state index >= 15 is 0 Å². The maximum Gasteiger partial charge on any atom is 0.325 e. The van der Waals surface area contributed by atoms with Crippen LogP contribution in [0.3, 0.4) is 0 Å². The van der Waals surface area contributed by atoms with Gasteiger partial charge >= 0.3 is 6.03 Å². The van der Waals surface area contributed by atoms with E-state index in [9.17, 15) is 9.59 Å². The molecule has 0 bridgehead atoms. The molecule has 0 unspecified atom stereocenters. The summed E-state index contributed by atoms with van der Waals surface area (Å²) in [6.07, 6.45) is 4.20. The zero-order valence-electron chi connectivity index (χ0n) is 13.9. The molecule has 0 aromatic heterocycles. The Bertz CT molecular complexity index is 621. The number of hydrogen-bond acceptors (Lipinski definition) is 3. The molecule has 5 nitrogen and oxygen atoms in total. The average Bonchev–Trinajstić information content (AvgIpc) is 3.07. The van der Waals surface area contributed by atoms with Gasteiger partial charge in [0.1, 0.15) is 11.3 Å². The minimum Gasteiger partial charge on any atom is -0.493 e. The number of nitrogens with zero attached hydrogens (tertiary/aromatic N) is 1. The molecule has 2 aliphatic rings. The SMILES string of the molecule is Cc1ccc(C)c(OCCCN2C(=O)NC3(CCCC3)C2=O)c1. The van der Waals surface area contributed by atoms with E-state index in [1.54, 1.807) is 0 Å². The maximum absolute atomic E-state index is 12.5. The molecule has 1 aromatic carbocycles. The van der Waals surface area contributed by atoms with Crippen molar-refractivity contribution in [2.75, 3.05) is 13.2 Å². The third-order valence-corrected chi connectivity index (χ3v) is 4.83. The van der Waals surface area contributed by atoms with Crippen molar-refractivity contribution < 1.29 is 14.3 Å². The normalized spacial score (nSPS) is 19.5. The number of amides is 3. The third-order valence-electron chi connectivity index (χ3n) is 4.83. The summed E-state index contributed by atoms with van der Waals surface area (Å²) >= 11 is 0. The molecule has 3 rings (SSSR count). The molecule has 3 amide bonds. The second kappa shape index (κ2) is 6.22. The van der Waals surface area contributed by atoms with Gasteiger partial charge in [-0.3, -0.25) is 9.69 Å². The van der Waals surface area contributed by atoms with Gasteiger partial charge in [-0.25, -0.2) is 4.79 Å². The molecule has 124 valence electrons. The highest BCUT2D eigenvalue weighted by atomic mass is 16.5. The fourth-order valence-electron chi connectivity index (χ4n) is 3.46. The summed E-state index contributed by atoms with van der Waals surface area (Å²) < 4.78 is 5.80. The van der Waals surface area contributed by atoms with Gasteiger partial charge in [-0.15, -0.1) is 0 Å². The predicted molar refractivity (Wildman–Crippen MR) is 87.5 cm³/mol. The summed E-state index contributed by atoms with van der Waals surface area (Å²) in [5.41, 5.74) is 1.64. The van der Waals surface area contributed by atoms with Crippen LogP contribution in [0.2, 0.25) is 0 Å². The van der Waals surface area contributed by atoms with Crippen molar-refractivity contribution in [2.24, 2.45) is 0 Å². The van der Waals surface area contributed by atoms with Crippen molar-refractivity contribution in [1.82, 2.24) is 10.2 Å². The Labute approximate surface area is 137 Å². The number of hydrogen-bond donors (Lipinski definition) is 1. The van der Waals surface area contributed by atoms with Crippen molar-refractivity contribution in [3.8, 4) is 5.75 Å². The van der Waals surface area contributed by atoms with E-state index in [4.69, 9.17) is 4.74 Å². The largest absolute Gasteiger partial charge is 0.493 e. The molecule has 5 heteroatoms. The Balaban J connectivity index is 1.52. The summed E-state index contributed by atoms with van der Waals surface area (Å²) in [7, 11) is 0. The average molecular weight is 316 g/mol. The minimum atomic E-state index is -0.606. The number of nitrogens with one attached hydrogen (secondary N) is 1. The first-order chi connectivity index (χ1) is 11.0. The molecule has 23 heavy (non-hydrogen) atoms. The van der Waals surface area contributed by atoms with Crippen LogP contribution in [0.5, 0.6) is 5.75 Å². The van der Waals surface area contributed by atoms with Gasteiger partial charge in [-0.1, -0.05) is 25.0 Å². The van der Waals surface area contributed by atoms with Gasteiger partial charge in [0, 0.05) is 6.54 Å². The second-order valence-corrected chi connectivity index (χ2v) is 6.65.